The van der Waals surface area contributed by atoms with Gasteiger partial charge in [-0.3, -0.25) is 4.79 Å². The summed E-state index contributed by atoms with van der Waals surface area (Å²) in [5.74, 6) is -1.43. The van der Waals surface area contributed by atoms with Crippen molar-refractivity contribution in [2.24, 2.45) is 0 Å². The monoisotopic (exact) mass is 241 g/mol. The lowest BCUT2D eigenvalue weighted by atomic mass is 10.3. The summed E-state index contributed by atoms with van der Waals surface area (Å²) >= 11 is 0. The Bertz CT molecular complexity index is 364. The van der Waals surface area contributed by atoms with E-state index in [1.54, 1.807) is 18.7 Å². The zero-order valence-electron chi connectivity index (χ0n) is 9.50. The third-order valence-corrected chi connectivity index (χ3v) is 1.91. The number of nitrogens with zero attached hydrogens (tertiary/aromatic N) is 2. The van der Waals surface area contributed by atoms with Gasteiger partial charge in [0.2, 0.25) is 5.91 Å². The highest BCUT2D eigenvalue weighted by molar-refractivity contribution is 5.78. The molecule has 7 nitrogen and oxygen atoms in total. The van der Waals surface area contributed by atoms with Crippen LogP contribution in [0.2, 0.25) is 0 Å². The largest absolute Gasteiger partial charge is 0.480 e. The van der Waals surface area contributed by atoms with Crippen molar-refractivity contribution < 1.29 is 19.4 Å². The van der Waals surface area contributed by atoms with Gasteiger partial charge in [-0.2, -0.15) is 0 Å². The fourth-order valence-electron chi connectivity index (χ4n) is 1.30. The van der Waals surface area contributed by atoms with Crippen LogP contribution in [0, 0.1) is 0 Å². The highest BCUT2D eigenvalue weighted by Crippen LogP contribution is 1.91. The normalized spacial score (nSPS) is 12.1. The van der Waals surface area contributed by atoms with Gasteiger partial charge in [0, 0.05) is 25.0 Å². The number of nitrogens with one attached hydrogen (secondary N) is 1. The van der Waals surface area contributed by atoms with E-state index >= 15 is 0 Å². The van der Waals surface area contributed by atoms with Gasteiger partial charge < -0.3 is 19.7 Å². The molecular weight excluding hydrogens is 226 g/mol. The van der Waals surface area contributed by atoms with Crippen LogP contribution < -0.4 is 5.32 Å². The molecule has 7 heteroatoms. The molecule has 1 aromatic rings. The van der Waals surface area contributed by atoms with Crippen LogP contribution >= 0.6 is 0 Å². The van der Waals surface area contributed by atoms with Crippen LogP contribution in [0.5, 0.6) is 0 Å². The van der Waals surface area contributed by atoms with Gasteiger partial charge in [0.25, 0.3) is 0 Å². The first-order valence-corrected chi connectivity index (χ1v) is 5.12. The Balaban J connectivity index is 2.19. The van der Waals surface area contributed by atoms with Crippen LogP contribution in [0.25, 0.3) is 0 Å². The van der Waals surface area contributed by atoms with Gasteiger partial charge in [0.05, 0.1) is 6.33 Å². The zero-order valence-corrected chi connectivity index (χ0v) is 9.50. The number of hydrogen-bond donors (Lipinski definition) is 2. The molecule has 2 N–H and O–H groups in total. The minimum absolute atomic E-state index is 0.0786. The van der Waals surface area contributed by atoms with Crippen LogP contribution in [-0.4, -0.2) is 45.8 Å². The number of rotatable bonds is 7. The van der Waals surface area contributed by atoms with E-state index in [-0.39, 0.29) is 18.6 Å². The highest BCUT2D eigenvalue weighted by Gasteiger charge is 2.08. The summed E-state index contributed by atoms with van der Waals surface area (Å²) in [6.07, 6.45) is 5.11. The van der Waals surface area contributed by atoms with Gasteiger partial charge in [0.15, 0.2) is 0 Å². The molecule has 0 aliphatic carbocycles. The lowest BCUT2D eigenvalue weighted by Crippen LogP contribution is -2.38. The molecule has 1 atom stereocenters. The fraction of sp³-hybridized carbons (Fsp3) is 0.500. The lowest BCUT2D eigenvalue weighted by molar-refractivity contribution is -0.143. The second kappa shape index (κ2) is 6.64. The molecule has 17 heavy (non-hydrogen) atoms. The Morgan fingerprint density at radius 2 is 2.29 bits per heavy atom. The SMILES string of the molecule is CC(Cn1ccnc1)NC(=O)COCC(=O)O. The maximum absolute atomic E-state index is 11.3. The Morgan fingerprint density at radius 3 is 2.88 bits per heavy atom. The molecule has 0 saturated heterocycles. The van der Waals surface area contributed by atoms with Crippen LogP contribution in [0.1, 0.15) is 6.92 Å². The molecule has 94 valence electrons. The summed E-state index contributed by atoms with van der Waals surface area (Å²) in [7, 11) is 0. The number of imidazole rings is 1. The Hall–Kier alpha value is -1.89. The number of amides is 1. The van der Waals surface area contributed by atoms with Crippen molar-refractivity contribution in [2.75, 3.05) is 13.2 Å². The van der Waals surface area contributed by atoms with Crippen LogP contribution in [0.4, 0.5) is 0 Å². The summed E-state index contributed by atoms with van der Waals surface area (Å²) in [4.78, 5) is 25.3. The maximum atomic E-state index is 11.3. The van der Waals surface area contributed by atoms with Crippen LogP contribution in [-0.2, 0) is 20.9 Å². The van der Waals surface area contributed by atoms with Gasteiger partial charge in [-0.15, -0.1) is 0 Å². The molecular formula is C10H15N3O4. The van der Waals surface area contributed by atoms with Crippen LogP contribution in [0.15, 0.2) is 18.7 Å². The van der Waals surface area contributed by atoms with Gasteiger partial charge in [-0.25, -0.2) is 9.78 Å². The molecule has 0 aliphatic rings. The number of carbonyl (C=O) groups excluding carboxylic acids is 1. The van der Waals surface area contributed by atoms with Crippen molar-refractivity contribution in [2.45, 2.75) is 19.5 Å². The molecule has 1 aromatic heterocycles. The van der Waals surface area contributed by atoms with Crippen molar-refractivity contribution >= 4 is 11.9 Å². The Kier molecular flexibility index (Phi) is 5.15. The molecule has 1 heterocycles. The molecule has 1 amide bonds. The number of carboxylic acids is 1. The predicted octanol–water partition coefficient (Wildman–Crippen LogP) is -0.511. The zero-order chi connectivity index (χ0) is 12.7. The van der Waals surface area contributed by atoms with Gasteiger partial charge in [0.1, 0.15) is 13.2 Å². The number of carbonyl (C=O) groups is 2. The predicted molar refractivity (Wildman–Crippen MR) is 58.3 cm³/mol. The highest BCUT2D eigenvalue weighted by atomic mass is 16.5. The molecule has 0 bridgehead atoms. The van der Waals surface area contributed by atoms with Gasteiger partial charge in [-0.1, -0.05) is 0 Å². The second-order valence-electron chi connectivity index (χ2n) is 3.61. The van der Waals surface area contributed by atoms with E-state index in [1.807, 2.05) is 11.5 Å². The van der Waals surface area contributed by atoms with E-state index in [0.717, 1.165) is 0 Å². The number of ether oxygens (including phenoxy) is 1. The fourth-order valence-corrected chi connectivity index (χ4v) is 1.30. The van der Waals surface area contributed by atoms with Crippen LogP contribution in [0.3, 0.4) is 0 Å². The van der Waals surface area contributed by atoms with E-state index in [9.17, 15) is 9.59 Å². The molecule has 0 saturated carbocycles. The van der Waals surface area contributed by atoms with Crippen molar-refractivity contribution in [1.29, 1.82) is 0 Å². The Morgan fingerprint density at radius 1 is 1.53 bits per heavy atom. The van der Waals surface area contributed by atoms with Crippen molar-refractivity contribution in [3.63, 3.8) is 0 Å². The molecule has 0 aromatic carbocycles. The van der Waals surface area contributed by atoms with E-state index in [1.165, 1.54) is 0 Å². The summed E-state index contributed by atoms with van der Waals surface area (Å²) < 4.78 is 6.50. The van der Waals surface area contributed by atoms with Gasteiger partial charge in [-0.05, 0) is 6.92 Å². The number of aliphatic carboxylic acids is 1. The number of carboxylic acid groups (broad SMARTS) is 1. The lowest BCUT2D eigenvalue weighted by Gasteiger charge is -2.14. The third-order valence-electron chi connectivity index (χ3n) is 1.91. The van der Waals surface area contributed by atoms with E-state index in [2.05, 4.69) is 15.0 Å². The first-order valence-electron chi connectivity index (χ1n) is 5.12. The molecule has 0 spiro atoms. The molecule has 0 aliphatic heterocycles. The summed E-state index contributed by atoms with van der Waals surface area (Å²) in [5, 5.41) is 11.0. The van der Waals surface area contributed by atoms with Gasteiger partial charge >= 0.3 is 5.97 Å². The topological polar surface area (TPSA) is 93.5 Å². The first-order chi connectivity index (χ1) is 8.08. The van der Waals surface area contributed by atoms with Crippen molar-refractivity contribution in [1.82, 2.24) is 14.9 Å². The van der Waals surface area contributed by atoms with Crippen molar-refractivity contribution in [3.8, 4) is 0 Å². The number of aromatic nitrogens is 2. The Labute approximate surface area is 98.4 Å². The molecule has 0 radical (unpaired) electrons. The van der Waals surface area contributed by atoms with Crippen molar-refractivity contribution in [3.05, 3.63) is 18.7 Å². The molecule has 1 rings (SSSR count). The van der Waals surface area contributed by atoms with E-state index < -0.39 is 12.6 Å². The number of hydrogen-bond acceptors (Lipinski definition) is 4. The minimum Gasteiger partial charge on any atom is -0.480 e. The minimum atomic E-state index is -1.09. The third kappa shape index (κ3) is 5.67. The summed E-state index contributed by atoms with van der Waals surface area (Å²) in [6.45, 7) is 1.73. The van der Waals surface area contributed by atoms with E-state index in [4.69, 9.17) is 5.11 Å². The second-order valence-corrected chi connectivity index (χ2v) is 3.61. The standard InChI is InChI=1S/C10H15N3O4/c1-8(4-13-3-2-11-7-13)12-9(14)5-17-6-10(15)16/h2-3,7-8H,4-6H2,1H3,(H,12,14)(H,15,16). The first kappa shape index (κ1) is 13.2. The molecule has 0 fully saturated rings. The smallest absolute Gasteiger partial charge is 0.329 e. The maximum Gasteiger partial charge on any atom is 0.329 e. The molecule has 1 unspecified atom stereocenters. The van der Waals surface area contributed by atoms with E-state index in [0.29, 0.717) is 6.54 Å². The average Bonchev–Trinajstić information content (AvgIpc) is 2.69. The summed E-state index contributed by atoms with van der Waals surface area (Å²) in [5.41, 5.74) is 0. The summed E-state index contributed by atoms with van der Waals surface area (Å²) in [6, 6.07) is -0.0786. The average molecular weight is 241 g/mol. The quantitative estimate of drug-likeness (QED) is 0.670.